The van der Waals surface area contributed by atoms with Gasteiger partial charge in [0.1, 0.15) is 5.82 Å². The van der Waals surface area contributed by atoms with Crippen LogP contribution in [0.25, 0.3) is 0 Å². The lowest BCUT2D eigenvalue weighted by Gasteiger charge is -2.00. The molecule has 1 atom stereocenters. The first-order chi connectivity index (χ1) is 5.24. The Hall–Kier alpha value is -1.000. The van der Waals surface area contributed by atoms with Crippen molar-refractivity contribution in [1.29, 1.82) is 0 Å². The number of halogens is 1. The minimum absolute atomic E-state index is 0. The molecule has 0 spiro atoms. The average molecular weight is 188 g/mol. The van der Waals surface area contributed by atoms with Crippen LogP contribution in [0.3, 0.4) is 0 Å². The molecule has 66 valence electrons. The van der Waals surface area contributed by atoms with Crippen LogP contribution in [0.1, 0.15) is 29.1 Å². The van der Waals surface area contributed by atoms with Gasteiger partial charge in [0.2, 0.25) is 0 Å². The summed E-state index contributed by atoms with van der Waals surface area (Å²) in [7, 11) is 0. The van der Waals surface area contributed by atoms with Gasteiger partial charge < -0.3 is 5.73 Å². The first-order valence-electron chi connectivity index (χ1n) is 3.26. The monoisotopic (exact) mass is 187 g/mol. The molecular weight excluding hydrogens is 178 g/mol. The van der Waals surface area contributed by atoms with E-state index >= 15 is 0 Å². The quantitative estimate of drug-likeness (QED) is 0.694. The summed E-state index contributed by atoms with van der Waals surface area (Å²) in [4.78, 5) is 17.9. The Kier molecular flexibility index (Phi) is 4.39. The molecule has 0 saturated carbocycles. The minimum Gasteiger partial charge on any atom is -0.322 e. The van der Waals surface area contributed by atoms with Gasteiger partial charge in [-0.05, 0) is 6.92 Å². The van der Waals surface area contributed by atoms with Crippen LogP contribution in [0, 0.1) is 0 Å². The SMILES string of the molecule is CC(N)c1ncc(C=O)cn1.Cl. The van der Waals surface area contributed by atoms with Crippen LogP contribution in [0.15, 0.2) is 12.4 Å². The van der Waals surface area contributed by atoms with E-state index in [1.807, 2.05) is 0 Å². The first kappa shape index (κ1) is 11.0. The van der Waals surface area contributed by atoms with E-state index in [1.165, 1.54) is 12.4 Å². The predicted octanol–water partition coefficient (Wildman–Crippen LogP) is 0.731. The number of carbonyl (C=O) groups excluding carboxylic acids is 1. The Morgan fingerprint density at radius 1 is 1.50 bits per heavy atom. The average Bonchev–Trinajstić information content (AvgIpc) is 2.05. The highest BCUT2D eigenvalue weighted by molar-refractivity contribution is 5.85. The Bertz CT molecular complexity index is 247. The van der Waals surface area contributed by atoms with E-state index in [2.05, 4.69) is 9.97 Å². The second-order valence-corrected chi connectivity index (χ2v) is 2.28. The highest BCUT2D eigenvalue weighted by Crippen LogP contribution is 2.00. The van der Waals surface area contributed by atoms with E-state index in [0.29, 0.717) is 17.7 Å². The van der Waals surface area contributed by atoms with Crippen molar-refractivity contribution in [3.63, 3.8) is 0 Å². The molecule has 0 aliphatic carbocycles. The molecule has 0 saturated heterocycles. The van der Waals surface area contributed by atoms with Gasteiger partial charge in [-0.3, -0.25) is 4.79 Å². The molecule has 1 heterocycles. The predicted molar refractivity (Wildman–Crippen MR) is 47.3 cm³/mol. The van der Waals surface area contributed by atoms with E-state index in [0.717, 1.165) is 0 Å². The number of aromatic nitrogens is 2. The smallest absolute Gasteiger partial charge is 0.153 e. The third-order valence-corrected chi connectivity index (χ3v) is 1.24. The summed E-state index contributed by atoms with van der Waals surface area (Å²) in [5.41, 5.74) is 5.96. The number of carbonyl (C=O) groups is 1. The summed E-state index contributed by atoms with van der Waals surface area (Å²) in [6.45, 7) is 1.79. The number of hydrogen-bond donors (Lipinski definition) is 1. The summed E-state index contributed by atoms with van der Waals surface area (Å²) in [6.07, 6.45) is 3.61. The van der Waals surface area contributed by atoms with Crippen molar-refractivity contribution in [2.24, 2.45) is 5.73 Å². The van der Waals surface area contributed by atoms with E-state index in [-0.39, 0.29) is 18.4 Å². The Morgan fingerprint density at radius 2 is 2.00 bits per heavy atom. The molecule has 0 radical (unpaired) electrons. The van der Waals surface area contributed by atoms with Crippen LogP contribution in [0.5, 0.6) is 0 Å². The van der Waals surface area contributed by atoms with Crippen LogP contribution in [-0.4, -0.2) is 16.3 Å². The van der Waals surface area contributed by atoms with Crippen LogP contribution in [0.2, 0.25) is 0 Å². The lowest BCUT2D eigenvalue weighted by atomic mass is 10.3. The maximum atomic E-state index is 10.2. The fourth-order valence-electron chi connectivity index (χ4n) is 0.644. The van der Waals surface area contributed by atoms with Crippen molar-refractivity contribution < 1.29 is 4.79 Å². The molecule has 5 heteroatoms. The van der Waals surface area contributed by atoms with Crippen LogP contribution >= 0.6 is 12.4 Å². The first-order valence-corrected chi connectivity index (χ1v) is 3.26. The number of hydrogen-bond acceptors (Lipinski definition) is 4. The molecule has 0 aliphatic heterocycles. The van der Waals surface area contributed by atoms with Gasteiger partial charge in [-0.15, -0.1) is 12.4 Å². The molecule has 0 amide bonds. The van der Waals surface area contributed by atoms with Gasteiger partial charge >= 0.3 is 0 Å². The third-order valence-electron chi connectivity index (χ3n) is 1.24. The normalized spacial score (nSPS) is 11.5. The van der Waals surface area contributed by atoms with E-state index < -0.39 is 0 Å². The van der Waals surface area contributed by atoms with E-state index in [9.17, 15) is 4.79 Å². The third kappa shape index (κ3) is 2.56. The molecule has 1 aromatic rings. The van der Waals surface area contributed by atoms with E-state index in [1.54, 1.807) is 6.92 Å². The minimum atomic E-state index is -0.185. The zero-order chi connectivity index (χ0) is 8.27. The maximum absolute atomic E-state index is 10.2. The fourth-order valence-corrected chi connectivity index (χ4v) is 0.644. The summed E-state index contributed by atoms with van der Waals surface area (Å²) in [5, 5.41) is 0. The van der Waals surface area contributed by atoms with Crippen LogP contribution in [0.4, 0.5) is 0 Å². The zero-order valence-corrected chi connectivity index (χ0v) is 7.41. The molecule has 2 N–H and O–H groups in total. The molecule has 4 nitrogen and oxygen atoms in total. The summed E-state index contributed by atoms with van der Waals surface area (Å²) < 4.78 is 0. The van der Waals surface area contributed by atoms with E-state index in [4.69, 9.17) is 5.73 Å². The zero-order valence-electron chi connectivity index (χ0n) is 6.60. The molecular formula is C7H10ClN3O. The Labute approximate surface area is 76.6 Å². The van der Waals surface area contributed by atoms with Gasteiger partial charge in [-0.2, -0.15) is 0 Å². The fraction of sp³-hybridized carbons (Fsp3) is 0.286. The standard InChI is InChI=1S/C7H9N3O.ClH/c1-5(8)7-9-2-6(4-11)3-10-7;/h2-5H,8H2,1H3;1H. The second kappa shape index (κ2) is 4.79. The topological polar surface area (TPSA) is 68.9 Å². The Morgan fingerprint density at radius 3 is 2.33 bits per heavy atom. The largest absolute Gasteiger partial charge is 0.322 e. The Balaban J connectivity index is 0.00000121. The van der Waals surface area contributed by atoms with Crippen LogP contribution < -0.4 is 5.73 Å². The van der Waals surface area contributed by atoms with Gasteiger partial charge in [0, 0.05) is 12.4 Å². The summed E-state index contributed by atoms with van der Waals surface area (Å²) in [5.74, 6) is 0.551. The second-order valence-electron chi connectivity index (χ2n) is 2.28. The molecule has 12 heavy (non-hydrogen) atoms. The van der Waals surface area contributed by atoms with Crippen molar-refractivity contribution in [2.45, 2.75) is 13.0 Å². The van der Waals surface area contributed by atoms with Gasteiger partial charge in [-0.1, -0.05) is 0 Å². The number of aldehydes is 1. The molecule has 1 aromatic heterocycles. The van der Waals surface area contributed by atoms with Gasteiger partial charge in [0.15, 0.2) is 6.29 Å². The van der Waals surface area contributed by atoms with Gasteiger partial charge in [-0.25, -0.2) is 9.97 Å². The van der Waals surface area contributed by atoms with Gasteiger partial charge in [0.05, 0.1) is 11.6 Å². The molecule has 1 rings (SSSR count). The lowest BCUT2D eigenvalue weighted by molar-refractivity contribution is 0.112. The molecule has 0 aliphatic rings. The maximum Gasteiger partial charge on any atom is 0.153 e. The highest BCUT2D eigenvalue weighted by atomic mass is 35.5. The molecule has 1 unspecified atom stereocenters. The van der Waals surface area contributed by atoms with Crippen molar-refractivity contribution >= 4 is 18.7 Å². The highest BCUT2D eigenvalue weighted by Gasteiger charge is 2.00. The van der Waals surface area contributed by atoms with Crippen molar-refractivity contribution in [2.75, 3.05) is 0 Å². The van der Waals surface area contributed by atoms with Crippen molar-refractivity contribution in [3.05, 3.63) is 23.8 Å². The number of rotatable bonds is 2. The van der Waals surface area contributed by atoms with Gasteiger partial charge in [0.25, 0.3) is 0 Å². The van der Waals surface area contributed by atoms with Crippen molar-refractivity contribution in [1.82, 2.24) is 9.97 Å². The summed E-state index contributed by atoms with van der Waals surface area (Å²) >= 11 is 0. The van der Waals surface area contributed by atoms with Crippen molar-refractivity contribution in [3.8, 4) is 0 Å². The molecule has 0 bridgehead atoms. The lowest BCUT2D eigenvalue weighted by Crippen LogP contribution is -2.09. The summed E-state index contributed by atoms with van der Waals surface area (Å²) in [6, 6.07) is -0.185. The number of nitrogens with zero attached hydrogens (tertiary/aromatic N) is 2. The van der Waals surface area contributed by atoms with Crippen LogP contribution in [-0.2, 0) is 0 Å². The number of nitrogens with two attached hydrogens (primary N) is 1. The molecule has 0 aromatic carbocycles. The molecule has 0 fully saturated rings.